The molecule has 1 aliphatic heterocycles. The largest absolute Gasteiger partial charge is 0.316 e. The highest BCUT2D eigenvalue weighted by molar-refractivity contribution is 7.91. The molecule has 9 nitrogen and oxygen atoms in total. The van der Waals surface area contributed by atoms with Gasteiger partial charge in [-0.15, -0.1) is 0 Å². The Morgan fingerprint density at radius 3 is 2.65 bits per heavy atom. The minimum absolute atomic E-state index is 0.00472. The second-order valence-electron chi connectivity index (χ2n) is 5.91. The van der Waals surface area contributed by atoms with E-state index in [1.807, 2.05) is 0 Å². The predicted molar refractivity (Wildman–Crippen MR) is 94.9 cm³/mol. The van der Waals surface area contributed by atoms with Gasteiger partial charge in [-0.2, -0.15) is 5.10 Å². The molecule has 3 rings (SSSR count). The number of rotatable bonds is 5. The van der Waals surface area contributed by atoms with Crippen molar-refractivity contribution >= 4 is 27.6 Å². The standard InChI is InChI=1S/C16H16N4O5S/c21-16(12-7-9-26(24,25)11-12)18-17-10-15-2-1-8-19(15)13-3-5-14(6-4-13)20(22)23/h1-6,8,10,12H,7,9,11H2,(H,18,21)/b17-10-/t12-/m0/s1. The number of benzene rings is 1. The van der Waals surface area contributed by atoms with Gasteiger partial charge in [0.25, 0.3) is 5.69 Å². The molecule has 0 saturated carbocycles. The molecule has 1 aliphatic rings. The van der Waals surface area contributed by atoms with Crippen LogP contribution in [-0.2, 0) is 14.6 Å². The van der Waals surface area contributed by atoms with Crippen LogP contribution in [0.3, 0.4) is 0 Å². The summed E-state index contributed by atoms with van der Waals surface area (Å²) in [6.07, 6.45) is 3.50. The number of hydrogen-bond acceptors (Lipinski definition) is 6. The fraction of sp³-hybridized carbons (Fsp3) is 0.250. The number of sulfone groups is 1. The van der Waals surface area contributed by atoms with E-state index in [0.717, 1.165) is 0 Å². The van der Waals surface area contributed by atoms with E-state index in [-0.39, 0.29) is 17.2 Å². The van der Waals surface area contributed by atoms with Crippen LogP contribution in [0, 0.1) is 16.0 Å². The molecule has 1 amide bonds. The molecule has 0 aliphatic carbocycles. The highest BCUT2D eigenvalue weighted by Gasteiger charge is 2.32. The highest BCUT2D eigenvalue weighted by atomic mass is 32.2. The third-order valence-corrected chi connectivity index (χ3v) is 5.86. The fourth-order valence-electron chi connectivity index (χ4n) is 2.72. The van der Waals surface area contributed by atoms with Crippen LogP contribution in [0.2, 0.25) is 0 Å². The normalized spacial score (nSPS) is 18.8. The van der Waals surface area contributed by atoms with Gasteiger partial charge in [-0.3, -0.25) is 14.9 Å². The van der Waals surface area contributed by atoms with E-state index in [9.17, 15) is 23.3 Å². The molecule has 1 atom stereocenters. The van der Waals surface area contributed by atoms with Crippen LogP contribution in [0.5, 0.6) is 0 Å². The molecular formula is C16H16N4O5S. The number of carbonyl (C=O) groups excluding carboxylic acids is 1. The number of nitrogens with one attached hydrogen (secondary N) is 1. The maximum absolute atomic E-state index is 12.0. The van der Waals surface area contributed by atoms with Gasteiger partial charge in [-0.25, -0.2) is 13.8 Å². The predicted octanol–water partition coefficient (Wildman–Crippen LogP) is 1.27. The van der Waals surface area contributed by atoms with Gasteiger partial charge in [-0.05, 0) is 30.7 Å². The number of nitro groups is 1. The third kappa shape index (κ3) is 3.97. The van der Waals surface area contributed by atoms with Crippen molar-refractivity contribution in [3.05, 3.63) is 58.4 Å². The van der Waals surface area contributed by atoms with Gasteiger partial charge in [0.05, 0.1) is 34.3 Å². The lowest BCUT2D eigenvalue weighted by Gasteiger charge is -2.07. The molecule has 1 saturated heterocycles. The van der Waals surface area contributed by atoms with Gasteiger partial charge in [0.15, 0.2) is 9.84 Å². The number of non-ortho nitro benzene ring substituents is 1. The average Bonchev–Trinajstić information content (AvgIpc) is 3.21. The Balaban J connectivity index is 1.68. The van der Waals surface area contributed by atoms with Crippen LogP contribution in [0.25, 0.3) is 5.69 Å². The van der Waals surface area contributed by atoms with Gasteiger partial charge < -0.3 is 4.57 Å². The fourth-order valence-corrected chi connectivity index (χ4v) is 4.47. The van der Waals surface area contributed by atoms with E-state index in [1.165, 1.54) is 18.3 Å². The quantitative estimate of drug-likeness (QED) is 0.478. The summed E-state index contributed by atoms with van der Waals surface area (Å²) in [5.41, 5.74) is 3.72. The van der Waals surface area contributed by atoms with Crippen molar-refractivity contribution in [1.29, 1.82) is 0 Å². The lowest BCUT2D eigenvalue weighted by atomic mass is 10.1. The first kappa shape index (κ1) is 17.8. The first-order valence-electron chi connectivity index (χ1n) is 7.81. The summed E-state index contributed by atoms with van der Waals surface area (Å²) in [7, 11) is -3.13. The number of hydrogen-bond donors (Lipinski definition) is 1. The highest BCUT2D eigenvalue weighted by Crippen LogP contribution is 2.19. The molecule has 2 heterocycles. The summed E-state index contributed by atoms with van der Waals surface area (Å²) in [6.45, 7) is 0. The van der Waals surface area contributed by atoms with E-state index in [4.69, 9.17) is 0 Å². The first-order valence-corrected chi connectivity index (χ1v) is 9.63. The number of carbonyl (C=O) groups is 1. The second-order valence-corrected chi connectivity index (χ2v) is 8.14. The van der Waals surface area contributed by atoms with Crippen molar-refractivity contribution in [2.45, 2.75) is 6.42 Å². The first-order chi connectivity index (χ1) is 12.4. The Morgan fingerprint density at radius 2 is 2.04 bits per heavy atom. The van der Waals surface area contributed by atoms with Gasteiger partial charge in [0, 0.05) is 24.0 Å². The summed E-state index contributed by atoms with van der Waals surface area (Å²) >= 11 is 0. The molecule has 136 valence electrons. The molecule has 1 N–H and O–H groups in total. The molecule has 0 spiro atoms. The van der Waals surface area contributed by atoms with Crippen molar-refractivity contribution in [1.82, 2.24) is 9.99 Å². The molecule has 1 fully saturated rings. The summed E-state index contributed by atoms with van der Waals surface area (Å²) in [6, 6.07) is 9.55. The van der Waals surface area contributed by atoms with Crippen molar-refractivity contribution in [2.75, 3.05) is 11.5 Å². The van der Waals surface area contributed by atoms with Crippen LogP contribution in [0.15, 0.2) is 47.7 Å². The summed E-state index contributed by atoms with van der Waals surface area (Å²) in [5, 5.41) is 14.6. The number of hydrazone groups is 1. The molecular weight excluding hydrogens is 360 g/mol. The van der Waals surface area contributed by atoms with Crippen LogP contribution in [-0.4, -0.2) is 41.5 Å². The van der Waals surface area contributed by atoms with Crippen molar-refractivity contribution < 1.29 is 18.1 Å². The zero-order chi connectivity index (χ0) is 18.7. The topological polar surface area (TPSA) is 124 Å². The molecule has 2 aromatic rings. The molecule has 1 aromatic carbocycles. The van der Waals surface area contributed by atoms with Crippen LogP contribution in [0.4, 0.5) is 5.69 Å². The van der Waals surface area contributed by atoms with E-state index < -0.39 is 26.6 Å². The molecule has 10 heteroatoms. The Hall–Kier alpha value is -3.01. The van der Waals surface area contributed by atoms with E-state index >= 15 is 0 Å². The van der Waals surface area contributed by atoms with Crippen LogP contribution >= 0.6 is 0 Å². The Bertz CT molecular complexity index is 963. The second kappa shape index (κ2) is 7.08. The minimum atomic E-state index is -3.13. The summed E-state index contributed by atoms with van der Waals surface area (Å²) in [4.78, 5) is 22.2. The number of aromatic nitrogens is 1. The summed E-state index contributed by atoms with van der Waals surface area (Å²) < 4.78 is 24.6. The van der Waals surface area contributed by atoms with E-state index in [1.54, 1.807) is 35.0 Å². The Kier molecular flexibility index (Phi) is 4.85. The number of nitro benzene ring substituents is 1. The lowest BCUT2D eigenvalue weighted by Crippen LogP contribution is -2.27. The molecule has 0 bridgehead atoms. The van der Waals surface area contributed by atoms with E-state index in [2.05, 4.69) is 10.5 Å². The molecule has 1 aromatic heterocycles. The maximum atomic E-state index is 12.0. The average molecular weight is 376 g/mol. The molecule has 0 unspecified atom stereocenters. The summed E-state index contributed by atoms with van der Waals surface area (Å²) in [5.74, 6) is -1.11. The SMILES string of the molecule is O=C(N/N=C\c1cccn1-c1ccc([N+](=O)[O-])cc1)[C@H]1CCS(=O)(=O)C1. The Labute approximate surface area is 149 Å². The van der Waals surface area contributed by atoms with Crippen LogP contribution < -0.4 is 5.43 Å². The molecule has 26 heavy (non-hydrogen) atoms. The van der Waals surface area contributed by atoms with Gasteiger partial charge in [0.1, 0.15) is 0 Å². The van der Waals surface area contributed by atoms with Gasteiger partial charge >= 0.3 is 0 Å². The minimum Gasteiger partial charge on any atom is -0.316 e. The monoisotopic (exact) mass is 376 g/mol. The Morgan fingerprint density at radius 1 is 1.31 bits per heavy atom. The zero-order valence-electron chi connectivity index (χ0n) is 13.6. The van der Waals surface area contributed by atoms with Crippen molar-refractivity contribution in [2.24, 2.45) is 11.0 Å². The number of amides is 1. The van der Waals surface area contributed by atoms with Gasteiger partial charge in [-0.1, -0.05) is 0 Å². The van der Waals surface area contributed by atoms with Crippen molar-refractivity contribution in [3.63, 3.8) is 0 Å². The van der Waals surface area contributed by atoms with Crippen LogP contribution in [0.1, 0.15) is 12.1 Å². The maximum Gasteiger partial charge on any atom is 0.269 e. The van der Waals surface area contributed by atoms with E-state index in [0.29, 0.717) is 17.8 Å². The lowest BCUT2D eigenvalue weighted by molar-refractivity contribution is -0.384. The number of nitrogens with zero attached hydrogens (tertiary/aromatic N) is 3. The zero-order valence-corrected chi connectivity index (χ0v) is 14.4. The smallest absolute Gasteiger partial charge is 0.269 e. The van der Waals surface area contributed by atoms with Crippen molar-refractivity contribution in [3.8, 4) is 5.69 Å². The molecule has 0 radical (unpaired) electrons. The third-order valence-electron chi connectivity index (χ3n) is 4.09. The van der Waals surface area contributed by atoms with Gasteiger partial charge in [0.2, 0.25) is 5.91 Å².